The van der Waals surface area contributed by atoms with Crippen LogP contribution >= 0.6 is 27.3 Å². The number of rotatable bonds is 3. The van der Waals surface area contributed by atoms with Crippen LogP contribution in [0.4, 0.5) is 0 Å². The lowest BCUT2D eigenvalue weighted by atomic mass is 9.93. The Morgan fingerprint density at radius 3 is 2.95 bits per heavy atom. The first-order valence-electron chi connectivity index (χ1n) is 6.88. The molecule has 2 heterocycles. The molecule has 0 saturated heterocycles. The largest absolute Gasteiger partial charge is 0.478 e. The van der Waals surface area contributed by atoms with E-state index >= 15 is 0 Å². The number of hydrogen-bond donors (Lipinski definition) is 1. The summed E-state index contributed by atoms with van der Waals surface area (Å²) in [5, 5.41) is 11.4. The van der Waals surface area contributed by atoms with Crippen molar-refractivity contribution in [2.75, 3.05) is 6.54 Å². The van der Waals surface area contributed by atoms with Crippen molar-refractivity contribution >= 4 is 33.2 Å². The third-order valence-corrected chi connectivity index (χ3v) is 5.94. The van der Waals surface area contributed by atoms with Crippen molar-refractivity contribution in [2.24, 2.45) is 0 Å². The summed E-state index contributed by atoms with van der Waals surface area (Å²) in [5.41, 5.74) is 2.60. The van der Waals surface area contributed by atoms with Crippen molar-refractivity contribution in [1.29, 1.82) is 0 Å². The average molecular weight is 366 g/mol. The highest BCUT2D eigenvalue weighted by atomic mass is 79.9. The second kappa shape index (κ2) is 5.91. The lowest BCUT2D eigenvalue weighted by Crippen LogP contribution is -2.33. The number of carbonyl (C=O) groups is 1. The van der Waals surface area contributed by atoms with E-state index in [1.165, 1.54) is 4.88 Å². The third-order valence-electron chi connectivity index (χ3n) is 4.07. The molecule has 1 atom stereocenters. The van der Waals surface area contributed by atoms with Gasteiger partial charge in [-0.1, -0.05) is 12.1 Å². The predicted octanol–water partition coefficient (Wildman–Crippen LogP) is 4.33. The molecule has 110 valence electrons. The third kappa shape index (κ3) is 2.91. The maximum Gasteiger partial charge on any atom is 0.335 e. The minimum atomic E-state index is -0.824. The lowest BCUT2D eigenvalue weighted by molar-refractivity contribution is 0.0694. The molecule has 3 rings (SSSR count). The highest BCUT2D eigenvalue weighted by Crippen LogP contribution is 2.33. The Bertz CT molecular complexity index is 683. The minimum absolute atomic E-state index is 0.350. The van der Waals surface area contributed by atoms with Gasteiger partial charge in [0.25, 0.3) is 0 Å². The van der Waals surface area contributed by atoms with Crippen LogP contribution in [0.15, 0.2) is 34.1 Å². The Labute approximate surface area is 136 Å². The van der Waals surface area contributed by atoms with E-state index in [1.54, 1.807) is 17.4 Å². The first kappa shape index (κ1) is 14.8. The van der Waals surface area contributed by atoms with Crippen molar-refractivity contribution in [2.45, 2.75) is 25.9 Å². The zero-order chi connectivity index (χ0) is 15.0. The average Bonchev–Trinajstić information content (AvgIpc) is 2.91. The molecule has 21 heavy (non-hydrogen) atoms. The van der Waals surface area contributed by atoms with Gasteiger partial charge in [0, 0.05) is 33.9 Å². The van der Waals surface area contributed by atoms with Gasteiger partial charge in [0.2, 0.25) is 0 Å². The molecule has 1 aliphatic heterocycles. The number of hydrogen-bond acceptors (Lipinski definition) is 3. The van der Waals surface area contributed by atoms with Crippen molar-refractivity contribution in [3.05, 3.63) is 55.7 Å². The number of fused-ring (bicyclic) bond motifs is 1. The fraction of sp³-hybridized carbons (Fsp3) is 0.312. The number of benzene rings is 1. The van der Waals surface area contributed by atoms with E-state index in [1.807, 2.05) is 12.1 Å². The van der Waals surface area contributed by atoms with Crippen LogP contribution in [0.3, 0.4) is 0 Å². The molecule has 0 spiro atoms. The van der Waals surface area contributed by atoms with Crippen molar-refractivity contribution in [3.8, 4) is 0 Å². The maximum absolute atomic E-state index is 11.3. The molecule has 0 radical (unpaired) electrons. The summed E-state index contributed by atoms with van der Waals surface area (Å²) in [6.07, 6.45) is 0.800. The molecular weight excluding hydrogens is 350 g/mol. The van der Waals surface area contributed by atoms with Crippen LogP contribution in [0.5, 0.6) is 0 Å². The molecule has 1 N–H and O–H groups in total. The van der Waals surface area contributed by atoms with E-state index in [4.69, 9.17) is 0 Å². The van der Waals surface area contributed by atoms with Gasteiger partial charge in [-0.3, -0.25) is 4.90 Å². The van der Waals surface area contributed by atoms with Gasteiger partial charge in [-0.2, -0.15) is 0 Å². The van der Waals surface area contributed by atoms with Crippen LogP contribution in [0.1, 0.15) is 39.3 Å². The zero-order valence-corrected chi connectivity index (χ0v) is 14.1. The van der Waals surface area contributed by atoms with Crippen LogP contribution < -0.4 is 0 Å². The smallest absolute Gasteiger partial charge is 0.335 e. The normalized spacial score (nSPS) is 16.5. The number of carboxylic acids is 1. The zero-order valence-electron chi connectivity index (χ0n) is 11.7. The van der Waals surface area contributed by atoms with E-state index < -0.39 is 5.97 Å². The molecule has 2 aromatic rings. The molecule has 0 bridgehead atoms. The Morgan fingerprint density at radius 2 is 2.29 bits per heavy atom. The standard InChI is InChI=1S/C16H16BrNO2S/c1-10(15-7-12(17)9-21-15)18-6-5-13-11(8-18)3-2-4-14(13)16(19)20/h2-4,7,9-10H,5-6,8H2,1H3,(H,19,20). The highest BCUT2D eigenvalue weighted by Gasteiger charge is 2.25. The highest BCUT2D eigenvalue weighted by molar-refractivity contribution is 9.10. The summed E-state index contributed by atoms with van der Waals surface area (Å²) in [6.45, 7) is 3.92. The molecule has 1 aromatic carbocycles. The molecule has 0 aliphatic carbocycles. The molecule has 0 saturated carbocycles. The Balaban J connectivity index is 1.85. The molecular formula is C16H16BrNO2S. The molecule has 1 aliphatic rings. The summed E-state index contributed by atoms with van der Waals surface area (Å²) < 4.78 is 1.12. The van der Waals surface area contributed by atoms with Gasteiger partial charge in [0.05, 0.1) is 5.56 Å². The maximum atomic E-state index is 11.3. The quantitative estimate of drug-likeness (QED) is 0.879. The predicted molar refractivity (Wildman–Crippen MR) is 87.9 cm³/mol. The number of halogens is 1. The molecule has 1 aromatic heterocycles. The molecule has 5 heteroatoms. The fourth-order valence-corrected chi connectivity index (χ4v) is 4.43. The lowest BCUT2D eigenvalue weighted by Gasteiger charge is -2.33. The summed E-state index contributed by atoms with van der Waals surface area (Å²) in [6, 6.07) is 8.11. The second-order valence-corrected chi connectivity index (χ2v) is 7.17. The minimum Gasteiger partial charge on any atom is -0.478 e. The van der Waals surface area contributed by atoms with E-state index in [0.717, 1.165) is 35.1 Å². The van der Waals surface area contributed by atoms with Gasteiger partial charge < -0.3 is 5.11 Å². The second-order valence-electron chi connectivity index (χ2n) is 5.31. The Hall–Kier alpha value is -1.17. The van der Waals surface area contributed by atoms with Gasteiger partial charge in [-0.15, -0.1) is 11.3 Å². The van der Waals surface area contributed by atoms with Gasteiger partial charge >= 0.3 is 5.97 Å². The molecule has 1 unspecified atom stereocenters. The van der Waals surface area contributed by atoms with Gasteiger partial charge in [-0.25, -0.2) is 4.79 Å². The van der Waals surface area contributed by atoms with Crippen LogP contribution in [0.2, 0.25) is 0 Å². The topological polar surface area (TPSA) is 40.5 Å². The number of nitrogens with zero attached hydrogens (tertiary/aromatic N) is 1. The van der Waals surface area contributed by atoms with Gasteiger partial charge in [-0.05, 0) is 52.5 Å². The molecule has 3 nitrogen and oxygen atoms in total. The van der Waals surface area contributed by atoms with Crippen LogP contribution in [-0.4, -0.2) is 22.5 Å². The van der Waals surface area contributed by atoms with Crippen LogP contribution in [-0.2, 0) is 13.0 Å². The SMILES string of the molecule is CC(c1cc(Br)cs1)N1CCc2c(cccc2C(=O)O)C1. The van der Waals surface area contributed by atoms with Crippen LogP contribution in [0.25, 0.3) is 0 Å². The Morgan fingerprint density at radius 1 is 1.48 bits per heavy atom. The van der Waals surface area contributed by atoms with E-state index in [9.17, 15) is 9.90 Å². The van der Waals surface area contributed by atoms with Crippen molar-refractivity contribution in [1.82, 2.24) is 4.90 Å². The summed E-state index contributed by atoms with van der Waals surface area (Å²) in [7, 11) is 0. The van der Waals surface area contributed by atoms with Crippen molar-refractivity contribution in [3.63, 3.8) is 0 Å². The number of aromatic carboxylic acids is 1. The molecule has 0 fully saturated rings. The first-order valence-corrected chi connectivity index (χ1v) is 8.55. The van der Waals surface area contributed by atoms with E-state index in [-0.39, 0.29) is 0 Å². The van der Waals surface area contributed by atoms with E-state index in [2.05, 4.69) is 39.2 Å². The summed E-state index contributed by atoms with van der Waals surface area (Å²) in [5.74, 6) is -0.824. The van der Waals surface area contributed by atoms with Gasteiger partial charge in [0.15, 0.2) is 0 Å². The summed E-state index contributed by atoms with van der Waals surface area (Å²) >= 11 is 5.26. The van der Waals surface area contributed by atoms with Crippen LogP contribution in [0, 0.1) is 0 Å². The number of thiophene rings is 1. The van der Waals surface area contributed by atoms with E-state index in [0.29, 0.717) is 11.6 Å². The first-order chi connectivity index (χ1) is 10.1. The Kier molecular flexibility index (Phi) is 4.15. The molecule has 0 amide bonds. The van der Waals surface area contributed by atoms with Gasteiger partial charge in [0.1, 0.15) is 0 Å². The summed E-state index contributed by atoms with van der Waals surface area (Å²) in [4.78, 5) is 15.0. The number of carboxylic acid groups (broad SMARTS) is 1. The monoisotopic (exact) mass is 365 g/mol. The fourth-order valence-electron chi connectivity index (χ4n) is 2.89. The van der Waals surface area contributed by atoms with Crippen molar-refractivity contribution < 1.29 is 9.90 Å².